The van der Waals surface area contributed by atoms with Crippen molar-refractivity contribution in [1.82, 2.24) is 4.98 Å². The number of hydrogen-bond donors (Lipinski definition) is 2. The largest absolute Gasteiger partial charge is 0.508 e. The van der Waals surface area contributed by atoms with Crippen LogP contribution in [-0.4, -0.2) is 46.6 Å². The lowest BCUT2D eigenvalue weighted by molar-refractivity contribution is -0.132. The third-order valence-corrected chi connectivity index (χ3v) is 6.65. The number of Topliss-reactive ketones (excluding diaryl/α,β-unsaturated/α-hetero) is 1. The smallest absolute Gasteiger partial charge is 0.350 e. The number of anilines is 1. The van der Waals surface area contributed by atoms with Gasteiger partial charge in [0.05, 0.1) is 24.4 Å². The Hall–Kier alpha value is -4.44. The number of rotatable bonds is 7. The minimum atomic E-state index is -1.06. The SMILES string of the molecule is C=CCOc1ccc(C(O)=C2C(=O)C(=O)N(c3nc(C)c(C(=O)OC)s3)[C@H]2c2ccc(O)cc2)cc1. The number of esters is 1. The molecular formula is C26H22N2O7S. The minimum absolute atomic E-state index is 0.0103. The number of ether oxygens (including phenoxy) is 2. The van der Waals surface area contributed by atoms with Gasteiger partial charge in [-0.3, -0.25) is 14.5 Å². The maximum Gasteiger partial charge on any atom is 0.350 e. The van der Waals surface area contributed by atoms with Crippen molar-refractivity contribution in [2.45, 2.75) is 13.0 Å². The van der Waals surface area contributed by atoms with Crippen LogP contribution in [0.4, 0.5) is 5.13 Å². The molecule has 1 aliphatic heterocycles. The first-order chi connectivity index (χ1) is 17.3. The van der Waals surface area contributed by atoms with Crippen molar-refractivity contribution in [2.24, 2.45) is 0 Å². The van der Waals surface area contributed by atoms with E-state index in [1.165, 1.54) is 19.2 Å². The molecule has 1 aliphatic rings. The fraction of sp³-hybridized carbons (Fsp3) is 0.154. The molecule has 1 aromatic heterocycles. The predicted octanol–water partition coefficient (Wildman–Crippen LogP) is 4.13. The number of carbonyl (C=O) groups is 3. The molecule has 1 fully saturated rings. The van der Waals surface area contributed by atoms with Gasteiger partial charge in [-0.15, -0.1) is 0 Å². The summed E-state index contributed by atoms with van der Waals surface area (Å²) in [5.74, 6) is -2.30. The fourth-order valence-corrected chi connectivity index (χ4v) is 4.80. The molecule has 2 heterocycles. The monoisotopic (exact) mass is 506 g/mol. The Labute approximate surface area is 210 Å². The van der Waals surface area contributed by atoms with Crippen LogP contribution in [0.25, 0.3) is 5.76 Å². The molecule has 0 radical (unpaired) electrons. The minimum Gasteiger partial charge on any atom is -0.508 e. The molecule has 9 nitrogen and oxygen atoms in total. The van der Waals surface area contributed by atoms with E-state index in [1.807, 2.05) is 0 Å². The first-order valence-corrected chi connectivity index (χ1v) is 11.6. The number of amides is 1. The number of aromatic hydroxyl groups is 1. The Bertz CT molecular complexity index is 1370. The van der Waals surface area contributed by atoms with Gasteiger partial charge in [-0.1, -0.05) is 36.1 Å². The van der Waals surface area contributed by atoms with Gasteiger partial charge in [-0.05, 0) is 48.9 Å². The van der Waals surface area contributed by atoms with Gasteiger partial charge in [0.25, 0.3) is 5.78 Å². The maximum atomic E-state index is 13.2. The second-order valence-corrected chi connectivity index (χ2v) is 8.76. The van der Waals surface area contributed by atoms with Crippen LogP contribution in [0.5, 0.6) is 11.5 Å². The number of aryl methyl sites for hydroxylation is 1. The quantitative estimate of drug-likeness (QED) is 0.161. The van der Waals surface area contributed by atoms with Gasteiger partial charge in [0.2, 0.25) is 0 Å². The van der Waals surface area contributed by atoms with Crippen molar-refractivity contribution in [3.05, 3.63) is 88.5 Å². The number of benzene rings is 2. The van der Waals surface area contributed by atoms with E-state index >= 15 is 0 Å². The number of aliphatic hydroxyl groups is 1. The number of aliphatic hydroxyl groups excluding tert-OH is 1. The highest BCUT2D eigenvalue weighted by atomic mass is 32.1. The van der Waals surface area contributed by atoms with E-state index in [4.69, 9.17) is 9.47 Å². The van der Waals surface area contributed by atoms with Crippen LogP contribution in [0.3, 0.4) is 0 Å². The second kappa shape index (κ2) is 10.0. The number of ketones is 1. The highest BCUT2D eigenvalue weighted by molar-refractivity contribution is 7.17. The summed E-state index contributed by atoms with van der Waals surface area (Å²) >= 11 is 0.905. The number of thiazole rings is 1. The third-order valence-electron chi connectivity index (χ3n) is 5.51. The lowest BCUT2D eigenvalue weighted by atomic mass is 9.95. The van der Waals surface area contributed by atoms with Crippen molar-refractivity contribution in [1.29, 1.82) is 0 Å². The van der Waals surface area contributed by atoms with Crippen LogP contribution in [-0.2, 0) is 14.3 Å². The maximum absolute atomic E-state index is 13.2. The Balaban J connectivity index is 1.86. The first kappa shape index (κ1) is 24.7. The van der Waals surface area contributed by atoms with Crippen LogP contribution < -0.4 is 9.64 Å². The fourth-order valence-electron chi connectivity index (χ4n) is 3.79. The molecule has 1 atom stereocenters. The Morgan fingerprint density at radius 1 is 1.17 bits per heavy atom. The molecule has 0 bridgehead atoms. The zero-order chi connectivity index (χ0) is 26.0. The lowest BCUT2D eigenvalue weighted by Gasteiger charge is -2.23. The molecule has 0 saturated carbocycles. The molecule has 1 saturated heterocycles. The predicted molar refractivity (Wildman–Crippen MR) is 133 cm³/mol. The van der Waals surface area contributed by atoms with Crippen LogP contribution >= 0.6 is 11.3 Å². The van der Waals surface area contributed by atoms with Crippen molar-refractivity contribution < 1.29 is 34.1 Å². The molecule has 4 rings (SSSR count). The van der Waals surface area contributed by atoms with Gasteiger partial charge in [0, 0.05) is 5.56 Å². The van der Waals surface area contributed by atoms with Crippen molar-refractivity contribution in [3.8, 4) is 11.5 Å². The van der Waals surface area contributed by atoms with Crippen LogP contribution in [0.1, 0.15) is 32.5 Å². The lowest BCUT2D eigenvalue weighted by Crippen LogP contribution is -2.29. The van der Waals surface area contributed by atoms with E-state index in [0.29, 0.717) is 29.2 Å². The number of aromatic nitrogens is 1. The van der Waals surface area contributed by atoms with Crippen LogP contribution in [0.2, 0.25) is 0 Å². The molecule has 2 N–H and O–H groups in total. The summed E-state index contributed by atoms with van der Waals surface area (Å²) < 4.78 is 10.2. The zero-order valence-corrected chi connectivity index (χ0v) is 20.2. The first-order valence-electron chi connectivity index (χ1n) is 10.8. The molecule has 36 heavy (non-hydrogen) atoms. The van der Waals surface area contributed by atoms with E-state index in [-0.39, 0.29) is 27.1 Å². The highest BCUT2D eigenvalue weighted by Gasteiger charge is 2.48. The van der Waals surface area contributed by atoms with Gasteiger partial charge in [0.1, 0.15) is 28.7 Å². The van der Waals surface area contributed by atoms with Crippen LogP contribution in [0.15, 0.2) is 66.8 Å². The zero-order valence-electron chi connectivity index (χ0n) is 19.4. The average Bonchev–Trinajstić information content (AvgIpc) is 3.39. The Morgan fingerprint density at radius 3 is 2.44 bits per heavy atom. The summed E-state index contributed by atoms with van der Waals surface area (Å²) in [5.41, 5.74) is 0.932. The summed E-state index contributed by atoms with van der Waals surface area (Å²) in [6.07, 6.45) is 1.60. The van der Waals surface area contributed by atoms with Gasteiger partial charge in [-0.25, -0.2) is 9.78 Å². The molecule has 184 valence electrons. The third kappa shape index (κ3) is 4.46. The molecule has 2 aromatic carbocycles. The summed E-state index contributed by atoms with van der Waals surface area (Å²) in [5, 5.41) is 21.1. The van der Waals surface area contributed by atoms with Gasteiger partial charge in [-0.2, -0.15) is 0 Å². The summed E-state index contributed by atoms with van der Waals surface area (Å²) in [6, 6.07) is 11.2. The Kier molecular flexibility index (Phi) is 6.89. The molecule has 0 aliphatic carbocycles. The van der Waals surface area contributed by atoms with E-state index in [1.54, 1.807) is 49.4 Å². The molecule has 3 aromatic rings. The number of nitrogens with zero attached hydrogens (tertiary/aromatic N) is 2. The number of methoxy groups -OCH3 is 1. The molecule has 0 unspecified atom stereocenters. The number of carbonyl (C=O) groups excluding carboxylic acids is 3. The number of phenolic OH excluding ortho intramolecular Hbond substituents is 1. The molecular weight excluding hydrogens is 484 g/mol. The van der Waals surface area contributed by atoms with Gasteiger partial charge < -0.3 is 19.7 Å². The summed E-state index contributed by atoms with van der Waals surface area (Å²) in [7, 11) is 1.23. The molecule has 0 spiro atoms. The topological polar surface area (TPSA) is 126 Å². The normalized spacial score (nSPS) is 16.7. The second-order valence-electron chi connectivity index (χ2n) is 7.79. The van der Waals surface area contributed by atoms with Crippen molar-refractivity contribution in [2.75, 3.05) is 18.6 Å². The summed E-state index contributed by atoms with van der Waals surface area (Å²) in [6.45, 7) is 5.49. The highest BCUT2D eigenvalue weighted by Crippen LogP contribution is 2.44. The van der Waals surface area contributed by atoms with E-state index in [0.717, 1.165) is 16.2 Å². The Morgan fingerprint density at radius 2 is 1.83 bits per heavy atom. The van der Waals surface area contributed by atoms with Crippen molar-refractivity contribution >= 4 is 39.9 Å². The molecule has 1 amide bonds. The van der Waals surface area contributed by atoms with E-state index < -0.39 is 23.7 Å². The van der Waals surface area contributed by atoms with Gasteiger partial charge >= 0.3 is 11.9 Å². The number of phenols is 1. The van der Waals surface area contributed by atoms with Crippen molar-refractivity contribution in [3.63, 3.8) is 0 Å². The average molecular weight is 507 g/mol. The molecule has 10 heteroatoms. The summed E-state index contributed by atoms with van der Waals surface area (Å²) in [4.78, 5) is 44.3. The standard InChI is InChI=1S/C26H22N2O7S/c1-4-13-35-18-11-7-16(8-12-18)21(30)19-20(15-5-9-17(29)10-6-15)28(24(32)22(19)31)26-27-14(2)23(36-26)25(33)34-3/h4-12,20,29-30H,1,13H2,2-3H3/t20-/m0/s1. The van der Waals surface area contributed by atoms with E-state index in [2.05, 4.69) is 11.6 Å². The van der Waals surface area contributed by atoms with E-state index in [9.17, 15) is 24.6 Å². The number of hydrogen-bond acceptors (Lipinski definition) is 9. The van der Waals surface area contributed by atoms with Crippen LogP contribution in [0, 0.1) is 6.92 Å². The van der Waals surface area contributed by atoms with Gasteiger partial charge in [0.15, 0.2) is 5.13 Å².